The van der Waals surface area contributed by atoms with Gasteiger partial charge in [0.25, 0.3) is 0 Å². The van der Waals surface area contributed by atoms with Crippen LogP contribution in [0.1, 0.15) is 25.0 Å². The van der Waals surface area contributed by atoms with Gasteiger partial charge in [0, 0.05) is 4.47 Å². The van der Waals surface area contributed by atoms with E-state index in [9.17, 15) is 13.2 Å². The van der Waals surface area contributed by atoms with Crippen molar-refractivity contribution in [2.24, 2.45) is 0 Å². The molecule has 0 unspecified atom stereocenters. The summed E-state index contributed by atoms with van der Waals surface area (Å²) < 4.78 is 33.2. The molecule has 1 rings (SSSR count). The van der Waals surface area contributed by atoms with Crippen LogP contribution in [0.3, 0.4) is 0 Å². The van der Waals surface area contributed by atoms with Crippen molar-refractivity contribution >= 4 is 37.9 Å². The number of halogens is 1. The molecular formula is C12H17BrN2O4S. The predicted molar refractivity (Wildman–Crippen MR) is 80.9 cm³/mol. The SMILES string of the molecule is Cc1cc(NS(=O)(=O)NC(=O)OC(C)C)cc(C)c1Br. The van der Waals surface area contributed by atoms with Crippen molar-refractivity contribution in [3.8, 4) is 0 Å². The maximum Gasteiger partial charge on any atom is 0.422 e. The average Bonchev–Trinajstić information content (AvgIpc) is 2.22. The molecule has 6 nitrogen and oxygen atoms in total. The van der Waals surface area contributed by atoms with E-state index >= 15 is 0 Å². The molecule has 0 heterocycles. The number of amides is 1. The van der Waals surface area contributed by atoms with Crippen LogP contribution in [-0.2, 0) is 14.9 Å². The lowest BCUT2D eigenvalue weighted by molar-refractivity contribution is 0.121. The van der Waals surface area contributed by atoms with Gasteiger partial charge in [-0.2, -0.15) is 8.42 Å². The zero-order valence-corrected chi connectivity index (χ0v) is 14.1. The number of aryl methyl sites for hydroxylation is 2. The molecule has 0 bridgehead atoms. The highest BCUT2D eigenvalue weighted by atomic mass is 79.9. The van der Waals surface area contributed by atoms with E-state index in [4.69, 9.17) is 4.74 Å². The Kier molecular flexibility index (Phi) is 5.41. The van der Waals surface area contributed by atoms with E-state index in [0.717, 1.165) is 15.6 Å². The molecule has 0 radical (unpaired) electrons. The molecule has 0 aliphatic rings. The monoisotopic (exact) mass is 364 g/mol. The van der Waals surface area contributed by atoms with Crippen LogP contribution in [0.15, 0.2) is 16.6 Å². The van der Waals surface area contributed by atoms with E-state index in [1.165, 1.54) is 0 Å². The maximum atomic E-state index is 11.8. The lowest BCUT2D eigenvalue weighted by Crippen LogP contribution is -2.36. The zero-order valence-electron chi connectivity index (χ0n) is 11.7. The first-order valence-corrected chi connectivity index (χ1v) is 8.16. The van der Waals surface area contributed by atoms with E-state index < -0.39 is 22.4 Å². The van der Waals surface area contributed by atoms with E-state index in [0.29, 0.717) is 5.69 Å². The first-order chi connectivity index (χ1) is 9.10. The number of benzene rings is 1. The Labute approximate surface area is 127 Å². The van der Waals surface area contributed by atoms with Crippen molar-refractivity contribution in [2.75, 3.05) is 4.72 Å². The van der Waals surface area contributed by atoms with Crippen LogP contribution in [0.5, 0.6) is 0 Å². The van der Waals surface area contributed by atoms with Gasteiger partial charge >= 0.3 is 16.3 Å². The highest BCUT2D eigenvalue weighted by Crippen LogP contribution is 2.25. The summed E-state index contributed by atoms with van der Waals surface area (Å²) in [5, 5.41) is 0. The third-order valence-corrected chi connectivity index (χ3v) is 4.44. The van der Waals surface area contributed by atoms with Crippen LogP contribution in [-0.4, -0.2) is 20.6 Å². The minimum atomic E-state index is -4.02. The second kappa shape index (κ2) is 6.45. The molecule has 0 aliphatic carbocycles. The zero-order chi connectivity index (χ0) is 15.5. The van der Waals surface area contributed by atoms with Crippen molar-refractivity contribution in [3.05, 3.63) is 27.7 Å². The van der Waals surface area contributed by atoms with Crippen LogP contribution < -0.4 is 9.44 Å². The van der Waals surface area contributed by atoms with Crippen LogP contribution in [0.25, 0.3) is 0 Å². The van der Waals surface area contributed by atoms with Crippen molar-refractivity contribution < 1.29 is 17.9 Å². The quantitative estimate of drug-likeness (QED) is 0.859. The van der Waals surface area contributed by atoms with Crippen molar-refractivity contribution in [1.29, 1.82) is 0 Å². The first-order valence-electron chi connectivity index (χ1n) is 5.88. The number of carbonyl (C=O) groups excluding carboxylic acids is 1. The predicted octanol–water partition coefficient (Wildman–Crippen LogP) is 2.86. The minimum Gasteiger partial charge on any atom is -0.446 e. The van der Waals surface area contributed by atoms with Crippen LogP contribution >= 0.6 is 15.9 Å². The Hall–Kier alpha value is -1.28. The number of hydrogen-bond donors (Lipinski definition) is 2. The average molecular weight is 365 g/mol. The Balaban J connectivity index is 2.84. The summed E-state index contributed by atoms with van der Waals surface area (Å²) in [6.07, 6.45) is -1.42. The van der Waals surface area contributed by atoms with Crippen molar-refractivity contribution in [2.45, 2.75) is 33.8 Å². The Bertz CT molecular complexity index is 591. The third-order valence-electron chi connectivity index (χ3n) is 2.25. The normalized spacial score (nSPS) is 11.3. The Morgan fingerprint density at radius 2 is 1.75 bits per heavy atom. The molecule has 2 N–H and O–H groups in total. The highest BCUT2D eigenvalue weighted by molar-refractivity contribution is 9.10. The fraction of sp³-hybridized carbons (Fsp3) is 0.417. The molecule has 1 amide bonds. The van der Waals surface area contributed by atoms with Crippen molar-refractivity contribution in [3.63, 3.8) is 0 Å². The van der Waals surface area contributed by atoms with Crippen LogP contribution in [0, 0.1) is 13.8 Å². The summed E-state index contributed by atoms with van der Waals surface area (Å²) in [7, 11) is -4.02. The van der Waals surface area contributed by atoms with Gasteiger partial charge in [-0.3, -0.25) is 4.72 Å². The number of anilines is 1. The molecule has 0 fully saturated rings. The summed E-state index contributed by atoms with van der Waals surface area (Å²) in [4.78, 5) is 11.3. The molecule has 0 saturated carbocycles. The first kappa shape index (κ1) is 16.8. The smallest absolute Gasteiger partial charge is 0.422 e. The molecule has 0 spiro atoms. The van der Waals surface area contributed by atoms with Crippen molar-refractivity contribution in [1.82, 2.24) is 4.72 Å². The molecule has 0 atom stereocenters. The van der Waals surface area contributed by atoms with E-state index in [2.05, 4.69) is 20.7 Å². The largest absolute Gasteiger partial charge is 0.446 e. The lowest BCUT2D eigenvalue weighted by atomic mass is 10.1. The summed E-state index contributed by atoms with van der Waals surface area (Å²) in [6, 6.07) is 3.31. The molecule has 0 aromatic heterocycles. The molecule has 112 valence electrons. The van der Waals surface area contributed by atoms with Gasteiger partial charge in [0.15, 0.2) is 0 Å². The number of hydrogen-bond acceptors (Lipinski definition) is 4. The molecule has 1 aromatic carbocycles. The molecule has 1 aromatic rings. The van der Waals surface area contributed by atoms with Gasteiger partial charge in [0.2, 0.25) is 0 Å². The second-order valence-electron chi connectivity index (χ2n) is 4.59. The Morgan fingerprint density at radius 1 is 1.25 bits per heavy atom. The van der Waals surface area contributed by atoms with E-state index in [1.54, 1.807) is 30.7 Å². The molecule has 20 heavy (non-hydrogen) atoms. The fourth-order valence-electron chi connectivity index (χ4n) is 1.53. The lowest BCUT2D eigenvalue weighted by Gasteiger charge is -2.13. The summed E-state index contributed by atoms with van der Waals surface area (Å²) in [6.45, 7) is 6.94. The molecule has 0 saturated heterocycles. The van der Waals surface area contributed by atoms with Gasteiger partial charge in [-0.25, -0.2) is 9.52 Å². The Morgan fingerprint density at radius 3 is 2.20 bits per heavy atom. The summed E-state index contributed by atoms with van der Waals surface area (Å²) >= 11 is 3.39. The number of ether oxygens (including phenoxy) is 1. The van der Waals surface area contributed by atoms with Gasteiger partial charge in [0.1, 0.15) is 0 Å². The summed E-state index contributed by atoms with van der Waals surface area (Å²) in [5.74, 6) is 0. The van der Waals surface area contributed by atoms with Gasteiger partial charge in [0.05, 0.1) is 11.8 Å². The van der Waals surface area contributed by atoms with Crippen LogP contribution in [0.2, 0.25) is 0 Å². The highest BCUT2D eigenvalue weighted by Gasteiger charge is 2.17. The molecular weight excluding hydrogens is 348 g/mol. The van der Waals surface area contributed by atoms with E-state index in [-0.39, 0.29) is 0 Å². The van der Waals surface area contributed by atoms with Gasteiger partial charge in [-0.05, 0) is 51.0 Å². The van der Waals surface area contributed by atoms with Crippen LogP contribution in [0.4, 0.5) is 10.5 Å². The van der Waals surface area contributed by atoms with Gasteiger partial charge in [-0.15, -0.1) is 0 Å². The topological polar surface area (TPSA) is 84.5 Å². The van der Waals surface area contributed by atoms with Gasteiger partial charge in [-0.1, -0.05) is 15.9 Å². The summed E-state index contributed by atoms with van der Waals surface area (Å²) in [5.41, 5.74) is 2.13. The number of carbonyl (C=O) groups is 1. The standard InChI is InChI=1S/C12H17BrN2O4S/c1-7(2)19-12(16)15-20(17,18)14-10-5-8(3)11(13)9(4)6-10/h5-7,14H,1-4H3,(H,15,16). The molecule has 0 aliphatic heterocycles. The second-order valence-corrected chi connectivity index (χ2v) is 6.79. The minimum absolute atomic E-state index is 0.369. The van der Waals surface area contributed by atoms with Gasteiger partial charge < -0.3 is 4.74 Å². The number of nitrogens with one attached hydrogen (secondary N) is 2. The maximum absolute atomic E-state index is 11.8. The fourth-order valence-corrected chi connectivity index (χ4v) is 2.51. The van der Waals surface area contributed by atoms with E-state index in [1.807, 2.05) is 13.8 Å². The third kappa shape index (κ3) is 5.01. The molecule has 8 heteroatoms. The number of rotatable bonds is 4.